The van der Waals surface area contributed by atoms with Crippen molar-refractivity contribution in [3.8, 4) is 5.75 Å². The first-order chi connectivity index (χ1) is 7.81. The van der Waals surface area contributed by atoms with E-state index in [-0.39, 0.29) is 5.91 Å². The molecule has 0 unspecified atom stereocenters. The molecule has 0 N–H and O–H groups in total. The van der Waals surface area contributed by atoms with E-state index in [0.29, 0.717) is 0 Å². The number of rotatable bonds is 2. The highest BCUT2D eigenvalue weighted by atomic mass is 16.5. The highest BCUT2D eigenvalue weighted by molar-refractivity contribution is 5.94. The Morgan fingerprint density at radius 3 is 2.38 bits per heavy atom. The van der Waals surface area contributed by atoms with Gasteiger partial charge in [-0.05, 0) is 43.5 Å². The molecule has 1 saturated heterocycles. The number of benzene rings is 1. The highest BCUT2D eigenvalue weighted by Gasteiger charge is 2.17. The molecule has 0 aliphatic carbocycles. The summed E-state index contributed by atoms with van der Waals surface area (Å²) in [5.41, 5.74) is 0.739. The topological polar surface area (TPSA) is 29.5 Å². The summed E-state index contributed by atoms with van der Waals surface area (Å²) in [5.74, 6) is 0.902. The van der Waals surface area contributed by atoms with Gasteiger partial charge in [0.1, 0.15) is 5.75 Å². The Morgan fingerprint density at radius 2 is 1.81 bits per heavy atom. The molecule has 0 bridgehead atoms. The van der Waals surface area contributed by atoms with Gasteiger partial charge in [-0.1, -0.05) is 0 Å². The lowest BCUT2D eigenvalue weighted by molar-refractivity contribution is 0.0742. The molecule has 85 valence electrons. The lowest BCUT2D eigenvalue weighted by Gasteiger charge is -2.26. The molecule has 1 heterocycles. The molecule has 1 aromatic carbocycles. The summed E-state index contributed by atoms with van der Waals surface area (Å²) in [7, 11) is 1.62. The van der Waals surface area contributed by atoms with Crippen molar-refractivity contribution in [1.29, 1.82) is 0 Å². The maximum absolute atomic E-state index is 12.1. The fraction of sp³-hybridized carbons (Fsp3) is 0.385. The lowest BCUT2D eigenvalue weighted by Crippen LogP contribution is -2.35. The minimum absolute atomic E-state index is 0.121. The zero-order valence-corrected chi connectivity index (χ0v) is 9.48. The Balaban J connectivity index is 2.07. The monoisotopic (exact) mass is 218 g/mol. The normalized spacial score (nSPS) is 15.9. The second-order valence-electron chi connectivity index (χ2n) is 3.89. The van der Waals surface area contributed by atoms with E-state index in [1.54, 1.807) is 7.11 Å². The molecule has 1 amide bonds. The van der Waals surface area contributed by atoms with Gasteiger partial charge in [0.2, 0.25) is 0 Å². The summed E-state index contributed by atoms with van der Waals surface area (Å²) in [5, 5.41) is 0. The van der Waals surface area contributed by atoms with E-state index in [4.69, 9.17) is 4.74 Å². The van der Waals surface area contributed by atoms with Gasteiger partial charge in [-0.25, -0.2) is 0 Å². The lowest BCUT2D eigenvalue weighted by atomic mass is 10.1. The third-order valence-corrected chi connectivity index (χ3v) is 2.83. The Hall–Kier alpha value is -1.51. The predicted molar refractivity (Wildman–Crippen MR) is 62.4 cm³/mol. The number of hydrogen-bond acceptors (Lipinski definition) is 2. The molecule has 0 atom stereocenters. The number of amides is 1. The van der Waals surface area contributed by atoms with Crippen LogP contribution in [-0.2, 0) is 0 Å². The van der Waals surface area contributed by atoms with Crippen molar-refractivity contribution in [1.82, 2.24) is 4.90 Å². The first kappa shape index (κ1) is 11.0. The van der Waals surface area contributed by atoms with Gasteiger partial charge in [0.25, 0.3) is 5.91 Å². The van der Waals surface area contributed by atoms with Crippen molar-refractivity contribution in [3.05, 3.63) is 36.2 Å². The van der Waals surface area contributed by atoms with Crippen LogP contribution in [0.1, 0.15) is 23.2 Å². The van der Waals surface area contributed by atoms with Gasteiger partial charge in [-0.15, -0.1) is 0 Å². The minimum Gasteiger partial charge on any atom is -0.497 e. The molecule has 16 heavy (non-hydrogen) atoms. The van der Waals surface area contributed by atoms with Crippen LogP contribution in [-0.4, -0.2) is 31.0 Å². The van der Waals surface area contributed by atoms with Crippen molar-refractivity contribution in [2.45, 2.75) is 12.8 Å². The minimum atomic E-state index is 0.121. The second kappa shape index (κ2) is 5.01. The summed E-state index contributed by atoms with van der Waals surface area (Å²) in [6.07, 6.45) is 4.24. The second-order valence-corrected chi connectivity index (χ2v) is 3.89. The van der Waals surface area contributed by atoms with E-state index >= 15 is 0 Å². The molecule has 1 aliphatic rings. The van der Waals surface area contributed by atoms with Crippen LogP contribution in [0.25, 0.3) is 0 Å². The van der Waals surface area contributed by atoms with E-state index in [1.807, 2.05) is 29.2 Å². The summed E-state index contributed by atoms with van der Waals surface area (Å²) >= 11 is 0. The van der Waals surface area contributed by atoms with Crippen molar-refractivity contribution in [2.24, 2.45) is 0 Å². The SMILES string of the molecule is COc1ccc(C(=O)N2CC[CH]CC2)cc1. The molecule has 0 spiro atoms. The molecular formula is C13H16NO2. The van der Waals surface area contributed by atoms with Gasteiger partial charge in [-0.3, -0.25) is 4.79 Å². The maximum atomic E-state index is 12.1. The van der Waals surface area contributed by atoms with Gasteiger partial charge < -0.3 is 9.64 Å². The molecule has 1 aromatic rings. The Labute approximate surface area is 96.0 Å². The largest absolute Gasteiger partial charge is 0.497 e. The molecule has 1 radical (unpaired) electrons. The van der Waals surface area contributed by atoms with E-state index in [1.165, 1.54) is 0 Å². The molecule has 0 saturated carbocycles. The smallest absolute Gasteiger partial charge is 0.253 e. The summed E-state index contributed by atoms with van der Waals surface area (Å²) in [6.45, 7) is 1.68. The number of piperidine rings is 1. The van der Waals surface area contributed by atoms with Crippen molar-refractivity contribution in [3.63, 3.8) is 0 Å². The van der Waals surface area contributed by atoms with E-state index in [2.05, 4.69) is 6.42 Å². The number of nitrogens with zero attached hydrogens (tertiary/aromatic N) is 1. The van der Waals surface area contributed by atoms with Gasteiger partial charge in [0, 0.05) is 18.7 Å². The first-order valence-corrected chi connectivity index (χ1v) is 5.56. The number of hydrogen-bond donors (Lipinski definition) is 0. The molecule has 1 aliphatic heterocycles. The number of likely N-dealkylation sites (tertiary alicyclic amines) is 1. The van der Waals surface area contributed by atoms with Crippen LogP contribution in [0, 0.1) is 6.42 Å². The molecule has 2 rings (SSSR count). The van der Waals surface area contributed by atoms with Gasteiger partial charge >= 0.3 is 0 Å². The van der Waals surface area contributed by atoms with E-state index in [0.717, 1.165) is 37.2 Å². The van der Waals surface area contributed by atoms with Crippen LogP contribution in [0.5, 0.6) is 5.75 Å². The van der Waals surface area contributed by atoms with Crippen molar-refractivity contribution < 1.29 is 9.53 Å². The number of carbonyl (C=O) groups excluding carboxylic acids is 1. The van der Waals surface area contributed by atoms with Crippen LogP contribution < -0.4 is 4.74 Å². The average Bonchev–Trinajstić information content (AvgIpc) is 2.39. The molecular weight excluding hydrogens is 202 g/mol. The predicted octanol–water partition coefficient (Wildman–Crippen LogP) is 2.14. The third-order valence-electron chi connectivity index (χ3n) is 2.83. The Bertz CT molecular complexity index is 353. The fourth-order valence-electron chi connectivity index (χ4n) is 1.87. The van der Waals surface area contributed by atoms with E-state index < -0.39 is 0 Å². The summed E-state index contributed by atoms with van der Waals surface area (Å²) in [6, 6.07) is 7.28. The van der Waals surface area contributed by atoms with Crippen LogP contribution >= 0.6 is 0 Å². The first-order valence-electron chi connectivity index (χ1n) is 5.56. The number of methoxy groups -OCH3 is 1. The van der Waals surface area contributed by atoms with E-state index in [9.17, 15) is 4.79 Å². The molecule has 3 nitrogen and oxygen atoms in total. The highest BCUT2D eigenvalue weighted by Crippen LogP contribution is 2.15. The average molecular weight is 218 g/mol. The Kier molecular flexibility index (Phi) is 3.44. The van der Waals surface area contributed by atoms with Crippen molar-refractivity contribution >= 4 is 5.91 Å². The van der Waals surface area contributed by atoms with Crippen LogP contribution in [0.2, 0.25) is 0 Å². The summed E-state index contributed by atoms with van der Waals surface area (Å²) in [4.78, 5) is 14.0. The van der Waals surface area contributed by atoms with Crippen molar-refractivity contribution in [2.75, 3.05) is 20.2 Å². The zero-order chi connectivity index (χ0) is 11.4. The van der Waals surface area contributed by atoms with Gasteiger partial charge in [0.05, 0.1) is 7.11 Å². The summed E-state index contributed by atoms with van der Waals surface area (Å²) < 4.78 is 5.06. The Morgan fingerprint density at radius 1 is 1.19 bits per heavy atom. The quantitative estimate of drug-likeness (QED) is 0.761. The van der Waals surface area contributed by atoms with Gasteiger partial charge in [0.15, 0.2) is 0 Å². The van der Waals surface area contributed by atoms with Crippen LogP contribution in [0.3, 0.4) is 0 Å². The number of ether oxygens (including phenoxy) is 1. The van der Waals surface area contributed by atoms with Gasteiger partial charge in [-0.2, -0.15) is 0 Å². The molecule has 3 heteroatoms. The third kappa shape index (κ3) is 2.35. The molecule has 0 aromatic heterocycles. The van der Waals surface area contributed by atoms with Crippen LogP contribution in [0.4, 0.5) is 0 Å². The fourth-order valence-corrected chi connectivity index (χ4v) is 1.87. The zero-order valence-electron chi connectivity index (χ0n) is 9.48. The number of carbonyl (C=O) groups is 1. The maximum Gasteiger partial charge on any atom is 0.253 e. The molecule has 1 fully saturated rings. The standard InChI is InChI=1S/C13H16NO2/c1-16-12-7-5-11(6-8-12)13(15)14-9-3-2-4-10-14/h2,5-8H,3-4,9-10H2,1H3. The van der Waals surface area contributed by atoms with Crippen LogP contribution in [0.15, 0.2) is 24.3 Å².